The number of hydrogen-bond donors (Lipinski definition) is 1. The van der Waals surface area contributed by atoms with Gasteiger partial charge in [0.05, 0.1) is 33.3 Å². The molecule has 0 aliphatic heterocycles. The van der Waals surface area contributed by atoms with E-state index in [4.69, 9.17) is 13.9 Å². The highest BCUT2D eigenvalue weighted by Crippen LogP contribution is 2.28. The van der Waals surface area contributed by atoms with E-state index < -0.39 is 0 Å². The molecule has 0 radical (unpaired) electrons. The Morgan fingerprint density at radius 2 is 1.89 bits per heavy atom. The molecule has 1 aromatic carbocycles. The largest absolute Gasteiger partial charge is 0.493 e. The molecule has 27 heavy (non-hydrogen) atoms. The fourth-order valence-electron chi connectivity index (χ4n) is 3.61. The van der Waals surface area contributed by atoms with Crippen LogP contribution in [0, 0.1) is 0 Å². The van der Waals surface area contributed by atoms with Crippen molar-refractivity contribution in [3.8, 4) is 11.5 Å². The first-order chi connectivity index (χ1) is 13.2. The van der Waals surface area contributed by atoms with Crippen molar-refractivity contribution < 1.29 is 18.7 Å². The minimum absolute atomic E-state index is 0.0436. The lowest BCUT2D eigenvalue weighted by Crippen LogP contribution is -2.46. The fraction of sp³-hybridized carbons (Fsp3) is 0.476. The smallest absolute Gasteiger partial charge is 0.318 e. The zero-order valence-corrected chi connectivity index (χ0v) is 16.1. The molecule has 6 nitrogen and oxygen atoms in total. The summed E-state index contributed by atoms with van der Waals surface area (Å²) in [6.45, 7) is 1.01. The van der Waals surface area contributed by atoms with Crippen molar-refractivity contribution in [2.45, 2.75) is 51.2 Å². The van der Waals surface area contributed by atoms with Gasteiger partial charge < -0.3 is 24.1 Å². The Kier molecular flexibility index (Phi) is 6.63. The summed E-state index contributed by atoms with van der Waals surface area (Å²) in [4.78, 5) is 14.9. The molecular formula is C21H28N2O4. The molecule has 0 atom stereocenters. The van der Waals surface area contributed by atoms with Crippen molar-refractivity contribution in [1.29, 1.82) is 0 Å². The first-order valence-corrected chi connectivity index (χ1v) is 9.47. The molecule has 146 valence electrons. The topological polar surface area (TPSA) is 63.9 Å². The molecule has 1 aromatic heterocycles. The quantitative estimate of drug-likeness (QED) is 0.785. The van der Waals surface area contributed by atoms with Crippen molar-refractivity contribution in [3.05, 3.63) is 47.9 Å². The normalized spacial score (nSPS) is 14.6. The van der Waals surface area contributed by atoms with E-state index in [-0.39, 0.29) is 12.1 Å². The van der Waals surface area contributed by atoms with Gasteiger partial charge >= 0.3 is 6.03 Å². The van der Waals surface area contributed by atoms with Gasteiger partial charge in [0.2, 0.25) is 0 Å². The van der Waals surface area contributed by atoms with Gasteiger partial charge in [0.1, 0.15) is 0 Å². The molecule has 1 saturated carbocycles. The van der Waals surface area contributed by atoms with Gasteiger partial charge in [0.25, 0.3) is 0 Å². The summed E-state index contributed by atoms with van der Waals surface area (Å²) < 4.78 is 15.8. The van der Waals surface area contributed by atoms with Gasteiger partial charge in [-0.15, -0.1) is 0 Å². The second-order valence-corrected chi connectivity index (χ2v) is 6.90. The van der Waals surface area contributed by atoms with E-state index in [9.17, 15) is 4.79 Å². The summed E-state index contributed by atoms with van der Waals surface area (Å²) >= 11 is 0. The number of methoxy groups -OCH3 is 2. The zero-order valence-electron chi connectivity index (χ0n) is 16.1. The SMILES string of the molecule is COc1ccc(CNC(=O)N(Cc2ccoc2)C2CCCCC2)cc1OC. The molecule has 0 bridgehead atoms. The van der Waals surface area contributed by atoms with Crippen LogP contribution < -0.4 is 14.8 Å². The molecule has 2 aromatic rings. The highest BCUT2D eigenvalue weighted by molar-refractivity contribution is 5.74. The van der Waals surface area contributed by atoms with Crippen LogP contribution in [0.5, 0.6) is 11.5 Å². The first-order valence-electron chi connectivity index (χ1n) is 9.47. The molecule has 3 rings (SSSR count). The predicted molar refractivity (Wildman–Crippen MR) is 103 cm³/mol. The number of benzene rings is 1. The van der Waals surface area contributed by atoms with E-state index >= 15 is 0 Å². The Morgan fingerprint density at radius 1 is 1.11 bits per heavy atom. The van der Waals surface area contributed by atoms with E-state index in [1.807, 2.05) is 29.2 Å². The van der Waals surface area contributed by atoms with Gasteiger partial charge in [-0.05, 0) is 36.6 Å². The van der Waals surface area contributed by atoms with Crippen LogP contribution in [0.15, 0.2) is 41.2 Å². The van der Waals surface area contributed by atoms with Crippen molar-refractivity contribution >= 4 is 6.03 Å². The van der Waals surface area contributed by atoms with Crippen LogP contribution in [0.4, 0.5) is 4.79 Å². The van der Waals surface area contributed by atoms with Gasteiger partial charge in [-0.3, -0.25) is 0 Å². The van der Waals surface area contributed by atoms with E-state index in [0.717, 1.165) is 24.0 Å². The number of hydrogen-bond acceptors (Lipinski definition) is 4. The molecule has 1 aliphatic rings. The number of nitrogens with zero attached hydrogens (tertiary/aromatic N) is 1. The maximum Gasteiger partial charge on any atom is 0.318 e. The van der Waals surface area contributed by atoms with Crippen molar-refractivity contribution in [2.24, 2.45) is 0 Å². The Balaban J connectivity index is 1.66. The Hall–Kier alpha value is -2.63. The Bertz CT molecular complexity index is 724. The second-order valence-electron chi connectivity index (χ2n) is 6.90. The first kappa shape index (κ1) is 19.1. The maximum absolute atomic E-state index is 12.9. The number of rotatable bonds is 7. The number of nitrogens with one attached hydrogen (secondary N) is 1. The fourth-order valence-corrected chi connectivity index (χ4v) is 3.61. The molecule has 1 aliphatic carbocycles. The van der Waals surface area contributed by atoms with Crippen LogP contribution in [-0.2, 0) is 13.1 Å². The molecule has 0 spiro atoms. The molecule has 1 fully saturated rings. The van der Waals surface area contributed by atoms with Crippen molar-refractivity contribution in [1.82, 2.24) is 10.2 Å². The van der Waals surface area contributed by atoms with E-state index in [2.05, 4.69) is 5.32 Å². The lowest BCUT2D eigenvalue weighted by molar-refractivity contribution is 0.150. The summed E-state index contributed by atoms with van der Waals surface area (Å²) in [6.07, 6.45) is 9.07. The molecular weight excluding hydrogens is 344 g/mol. The third-order valence-electron chi connectivity index (χ3n) is 5.10. The zero-order chi connectivity index (χ0) is 19.1. The standard InChI is InChI=1S/C21H28N2O4/c1-25-19-9-8-16(12-20(19)26-2)13-22-21(24)23(14-17-10-11-27-15-17)18-6-4-3-5-7-18/h8-12,15,18H,3-7,13-14H2,1-2H3,(H,22,24). The van der Waals surface area contributed by atoms with Gasteiger partial charge in [0.15, 0.2) is 11.5 Å². The van der Waals surface area contributed by atoms with Crippen LogP contribution in [0.25, 0.3) is 0 Å². The Morgan fingerprint density at radius 3 is 2.56 bits per heavy atom. The number of furan rings is 1. The summed E-state index contributed by atoms with van der Waals surface area (Å²) in [7, 11) is 3.22. The third-order valence-corrected chi connectivity index (χ3v) is 5.10. The van der Waals surface area contributed by atoms with Crippen LogP contribution in [0.2, 0.25) is 0 Å². The maximum atomic E-state index is 12.9. The van der Waals surface area contributed by atoms with Gasteiger partial charge in [0, 0.05) is 18.2 Å². The average molecular weight is 372 g/mol. The summed E-state index contributed by atoms with van der Waals surface area (Å²) in [5.74, 6) is 1.34. The second kappa shape index (κ2) is 9.35. The minimum Gasteiger partial charge on any atom is -0.493 e. The molecule has 1 N–H and O–H groups in total. The van der Waals surface area contributed by atoms with Gasteiger partial charge in [-0.1, -0.05) is 25.3 Å². The van der Waals surface area contributed by atoms with Gasteiger partial charge in [-0.2, -0.15) is 0 Å². The molecule has 0 saturated heterocycles. The number of urea groups is 1. The number of carbonyl (C=O) groups excluding carboxylic acids is 1. The highest BCUT2D eigenvalue weighted by Gasteiger charge is 2.25. The predicted octanol–water partition coefficient (Wildman–Crippen LogP) is 4.34. The van der Waals surface area contributed by atoms with Crippen molar-refractivity contribution in [2.75, 3.05) is 14.2 Å². The van der Waals surface area contributed by atoms with Gasteiger partial charge in [-0.25, -0.2) is 4.79 Å². The van der Waals surface area contributed by atoms with E-state index in [1.165, 1.54) is 19.3 Å². The lowest BCUT2D eigenvalue weighted by Gasteiger charge is -2.34. The lowest BCUT2D eigenvalue weighted by atomic mass is 9.94. The Labute approximate surface area is 160 Å². The number of carbonyl (C=O) groups is 1. The van der Waals surface area contributed by atoms with E-state index in [0.29, 0.717) is 24.6 Å². The summed E-state index contributed by atoms with van der Waals surface area (Å²) in [5.41, 5.74) is 1.98. The average Bonchev–Trinajstić information content (AvgIpc) is 3.24. The highest BCUT2D eigenvalue weighted by atomic mass is 16.5. The van der Waals surface area contributed by atoms with Crippen LogP contribution in [-0.4, -0.2) is 31.2 Å². The third kappa shape index (κ3) is 4.96. The molecule has 0 unspecified atom stereocenters. The number of amides is 2. The molecule has 1 heterocycles. The number of ether oxygens (including phenoxy) is 2. The van der Waals surface area contributed by atoms with Crippen LogP contribution in [0.1, 0.15) is 43.2 Å². The minimum atomic E-state index is -0.0436. The van der Waals surface area contributed by atoms with Crippen LogP contribution >= 0.6 is 0 Å². The van der Waals surface area contributed by atoms with E-state index in [1.54, 1.807) is 26.7 Å². The van der Waals surface area contributed by atoms with Crippen molar-refractivity contribution in [3.63, 3.8) is 0 Å². The molecule has 2 amide bonds. The monoisotopic (exact) mass is 372 g/mol. The van der Waals surface area contributed by atoms with Crippen LogP contribution in [0.3, 0.4) is 0 Å². The molecule has 6 heteroatoms. The summed E-state index contributed by atoms with van der Waals surface area (Å²) in [5, 5.41) is 3.06. The summed E-state index contributed by atoms with van der Waals surface area (Å²) in [6, 6.07) is 7.82.